The van der Waals surface area contributed by atoms with Gasteiger partial charge in [-0.05, 0) is 35.7 Å². The Kier molecular flexibility index (Phi) is 3.84. The van der Waals surface area contributed by atoms with E-state index in [9.17, 15) is 0 Å². The molecule has 110 valence electrons. The predicted molar refractivity (Wildman–Crippen MR) is 83.7 cm³/mol. The molecule has 0 saturated heterocycles. The Morgan fingerprint density at radius 1 is 1.19 bits per heavy atom. The van der Waals surface area contributed by atoms with Crippen LogP contribution in [0.1, 0.15) is 42.2 Å². The first-order valence-electron chi connectivity index (χ1n) is 7.40. The van der Waals surface area contributed by atoms with Gasteiger partial charge in [-0.25, -0.2) is 0 Å². The number of aryl methyl sites for hydroxylation is 1. The number of methoxy groups -OCH3 is 1. The SMILES string of the molecule is CCc1ccc(C2C[C@H](N)c3cc(OC)ccc3O2)cc1. The van der Waals surface area contributed by atoms with E-state index >= 15 is 0 Å². The molecule has 0 radical (unpaired) electrons. The van der Waals surface area contributed by atoms with Gasteiger partial charge in [-0.3, -0.25) is 0 Å². The number of benzene rings is 2. The molecular weight excluding hydrogens is 262 g/mol. The fraction of sp³-hybridized carbons (Fsp3) is 0.333. The maximum Gasteiger partial charge on any atom is 0.126 e. The Hall–Kier alpha value is -2.00. The Labute approximate surface area is 125 Å². The molecule has 21 heavy (non-hydrogen) atoms. The van der Waals surface area contributed by atoms with Gasteiger partial charge >= 0.3 is 0 Å². The summed E-state index contributed by atoms with van der Waals surface area (Å²) in [6, 6.07) is 14.4. The molecule has 0 fully saturated rings. The van der Waals surface area contributed by atoms with E-state index in [2.05, 4.69) is 31.2 Å². The zero-order chi connectivity index (χ0) is 14.8. The van der Waals surface area contributed by atoms with Crippen LogP contribution < -0.4 is 15.2 Å². The van der Waals surface area contributed by atoms with E-state index in [0.717, 1.165) is 29.9 Å². The molecule has 0 bridgehead atoms. The van der Waals surface area contributed by atoms with Gasteiger partial charge in [-0.15, -0.1) is 0 Å². The lowest BCUT2D eigenvalue weighted by Gasteiger charge is -2.31. The molecule has 1 unspecified atom stereocenters. The Morgan fingerprint density at radius 3 is 2.62 bits per heavy atom. The highest BCUT2D eigenvalue weighted by atomic mass is 16.5. The van der Waals surface area contributed by atoms with Crippen molar-refractivity contribution in [1.29, 1.82) is 0 Å². The summed E-state index contributed by atoms with van der Waals surface area (Å²) < 4.78 is 11.4. The minimum absolute atomic E-state index is 0.0202. The third kappa shape index (κ3) is 2.74. The summed E-state index contributed by atoms with van der Waals surface area (Å²) in [5.74, 6) is 1.68. The third-order valence-electron chi connectivity index (χ3n) is 4.11. The second kappa shape index (κ2) is 5.78. The highest BCUT2D eigenvalue weighted by molar-refractivity contribution is 5.44. The van der Waals surface area contributed by atoms with Gasteiger partial charge in [0.05, 0.1) is 7.11 Å². The number of nitrogens with two attached hydrogens (primary N) is 1. The van der Waals surface area contributed by atoms with Crippen molar-refractivity contribution in [2.75, 3.05) is 7.11 Å². The molecule has 2 aromatic carbocycles. The van der Waals surface area contributed by atoms with Gasteiger partial charge in [0, 0.05) is 18.0 Å². The largest absolute Gasteiger partial charge is 0.497 e. The van der Waals surface area contributed by atoms with Crippen LogP contribution in [0.25, 0.3) is 0 Å². The van der Waals surface area contributed by atoms with Crippen molar-refractivity contribution in [3.8, 4) is 11.5 Å². The van der Waals surface area contributed by atoms with E-state index in [0.29, 0.717) is 0 Å². The normalized spacial score (nSPS) is 20.5. The number of hydrogen-bond acceptors (Lipinski definition) is 3. The standard InChI is InChI=1S/C18H21NO2/c1-3-12-4-6-13(7-5-12)18-11-16(19)15-10-14(20-2)8-9-17(15)21-18/h4-10,16,18H,3,11,19H2,1-2H3/t16-,18?/m0/s1. The first-order valence-corrected chi connectivity index (χ1v) is 7.40. The van der Waals surface area contributed by atoms with E-state index in [1.807, 2.05) is 18.2 Å². The molecule has 2 aromatic rings. The van der Waals surface area contributed by atoms with Gasteiger partial charge in [0.1, 0.15) is 17.6 Å². The average molecular weight is 283 g/mol. The quantitative estimate of drug-likeness (QED) is 0.932. The van der Waals surface area contributed by atoms with E-state index in [4.69, 9.17) is 15.2 Å². The summed E-state index contributed by atoms with van der Waals surface area (Å²) in [5, 5.41) is 0. The molecule has 3 heteroatoms. The first-order chi connectivity index (χ1) is 10.2. The van der Waals surface area contributed by atoms with E-state index < -0.39 is 0 Å². The molecule has 0 amide bonds. The lowest BCUT2D eigenvalue weighted by atomic mass is 9.93. The van der Waals surface area contributed by atoms with Gasteiger partial charge in [-0.1, -0.05) is 31.2 Å². The predicted octanol–water partition coefficient (Wildman–Crippen LogP) is 3.78. The van der Waals surface area contributed by atoms with Crippen molar-refractivity contribution in [3.05, 3.63) is 59.2 Å². The summed E-state index contributed by atoms with van der Waals surface area (Å²) >= 11 is 0. The number of fused-ring (bicyclic) bond motifs is 1. The molecule has 3 rings (SSSR count). The molecule has 0 spiro atoms. The van der Waals surface area contributed by atoms with Crippen molar-refractivity contribution in [2.24, 2.45) is 5.73 Å². The van der Waals surface area contributed by atoms with E-state index in [1.165, 1.54) is 11.1 Å². The zero-order valence-electron chi connectivity index (χ0n) is 12.5. The molecule has 0 aliphatic carbocycles. The minimum atomic E-state index is -0.0281. The molecule has 2 N–H and O–H groups in total. The van der Waals surface area contributed by atoms with Crippen LogP contribution in [-0.4, -0.2) is 7.11 Å². The summed E-state index contributed by atoms with van der Waals surface area (Å²) in [6.07, 6.45) is 1.85. The van der Waals surface area contributed by atoms with E-state index in [-0.39, 0.29) is 12.1 Å². The topological polar surface area (TPSA) is 44.5 Å². The summed E-state index contributed by atoms with van der Waals surface area (Å²) in [7, 11) is 1.66. The van der Waals surface area contributed by atoms with Crippen LogP contribution in [0, 0.1) is 0 Å². The Bertz CT molecular complexity index is 622. The maximum atomic E-state index is 6.32. The second-order valence-electron chi connectivity index (χ2n) is 5.45. The minimum Gasteiger partial charge on any atom is -0.497 e. The van der Waals surface area contributed by atoms with Crippen molar-refractivity contribution < 1.29 is 9.47 Å². The summed E-state index contributed by atoms with van der Waals surface area (Å²) in [6.45, 7) is 2.16. The Morgan fingerprint density at radius 2 is 1.95 bits per heavy atom. The smallest absolute Gasteiger partial charge is 0.126 e. The van der Waals surface area contributed by atoms with Crippen LogP contribution in [0.2, 0.25) is 0 Å². The molecule has 0 saturated carbocycles. The number of hydrogen-bond donors (Lipinski definition) is 1. The van der Waals surface area contributed by atoms with Crippen molar-refractivity contribution in [3.63, 3.8) is 0 Å². The lowest BCUT2D eigenvalue weighted by Crippen LogP contribution is -2.24. The van der Waals surface area contributed by atoms with Gasteiger partial charge in [-0.2, -0.15) is 0 Å². The molecular formula is C18H21NO2. The molecule has 2 atom stereocenters. The van der Waals surface area contributed by atoms with Crippen LogP contribution in [0.4, 0.5) is 0 Å². The Balaban J connectivity index is 1.87. The van der Waals surface area contributed by atoms with Crippen LogP contribution in [0.15, 0.2) is 42.5 Å². The summed E-state index contributed by atoms with van der Waals surface area (Å²) in [4.78, 5) is 0. The average Bonchev–Trinajstić information content (AvgIpc) is 2.54. The third-order valence-corrected chi connectivity index (χ3v) is 4.11. The maximum absolute atomic E-state index is 6.32. The molecule has 1 heterocycles. The number of rotatable bonds is 3. The lowest BCUT2D eigenvalue weighted by molar-refractivity contribution is 0.161. The molecule has 1 aliphatic heterocycles. The fourth-order valence-corrected chi connectivity index (χ4v) is 2.78. The van der Waals surface area contributed by atoms with Crippen molar-refractivity contribution in [1.82, 2.24) is 0 Å². The number of ether oxygens (including phenoxy) is 2. The fourth-order valence-electron chi connectivity index (χ4n) is 2.78. The highest BCUT2D eigenvalue weighted by Gasteiger charge is 2.27. The molecule has 1 aliphatic rings. The van der Waals surface area contributed by atoms with Crippen molar-refractivity contribution >= 4 is 0 Å². The van der Waals surface area contributed by atoms with Gasteiger partial charge in [0.2, 0.25) is 0 Å². The van der Waals surface area contributed by atoms with Gasteiger partial charge < -0.3 is 15.2 Å². The molecule has 3 nitrogen and oxygen atoms in total. The van der Waals surface area contributed by atoms with Gasteiger partial charge in [0.15, 0.2) is 0 Å². The van der Waals surface area contributed by atoms with Gasteiger partial charge in [0.25, 0.3) is 0 Å². The van der Waals surface area contributed by atoms with Crippen LogP contribution in [0.5, 0.6) is 11.5 Å². The van der Waals surface area contributed by atoms with Crippen LogP contribution in [-0.2, 0) is 6.42 Å². The van der Waals surface area contributed by atoms with E-state index in [1.54, 1.807) is 7.11 Å². The monoisotopic (exact) mass is 283 g/mol. The van der Waals surface area contributed by atoms with Crippen LogP contribution in [0.3, 0.4) is 0 Å². The molecule has 0 aromatic heterocycles. The van der Waals surface area contributed by atoms with Crippen LogP contribution >= 0.6 is 0 Å². The first kappa shape index (κ1) is 14.0. The summed E-state index contributed by atoms with van der Waals surface area (Å²) in [5.41, 5.74) is 9.86. The highest BCUT2D eigenvalue weighted by Crippen LogP contribution is 2.41. The van der Waals surface area contributed by atoms with Crippen molar-refractivity contribution in [2.45, 2.75) is 31.9 Å². The second-order valence-corrected chi connectivity index (χ2v) is 5.45. The zero-order valence-corrected chi connectivity index (χ0v) is 12.5.